The molecule has 4 heteroatoms. The zero-order chi connectivity index (χ0) is 15.9. The minimum absolute atomic E-state index is 0.0651. The maximum atomic E-state index is 12.3. The molecular formula is C18H20O4. The van der Waals surface area contributed by atoms with Crippen molar-refractivity contribution < 1.29 is 19.7 Å². The maximum Gasteiger partial charge on any atom is 0.342 e. The van der Waals surface area contributed by atoms with Gasteiger partial charge in [-0.3, -0.25) is 0 Å². The van der Waals surface area contributed by atoms with Crippen molar-refractivity contribution in [1.82, 2.24) is 0 Å². The van der Waals surface area contributed by atoms with Gasteiger partial charge in [0, 0.05) is 12.5 Å². The van der Waals surface area contributed by atoms with Crippen molar-refractivity contribution >= 4 is 12.0 Å². The average Bonchev–Trinajstić information content (AvgIpc) is 2.43. The van der Waals surface area contributed by atoms with Crippen molar-refractivity contribution in [2.24, 2.45) is 0 Å². The summed E-state index contributed by atoms with van der Waals surface area (Å²) in [6.45, 7) is 1.81. The van der Waals surface area contributed by atoms with E-state index in [1.807, 2.05) is 18.2 Å². The first-order chi connectivity index (χ1) is 10.6. The number of allylic oxidation sites excluding steroid dienone is 4. The van der Waals surface area contributed by atoms with Crippen LogP contribution in [0.2, 0.25) is 0 Å². The highest BCUT2D eigenvalue weighted by Crippen LogP contribution is 2.29. The third-order valence-corrected chi connectivity index (χ3v) is 3.30. The summed E-state index contributed by atoms with van der Waals surface area (Å²) in [7, 11) is 0. The van der Waals surface area contributed by atoms with E-state index in [4.69, 9.17) is 4.74 Å². The molecule has 0 aromatic heterocycles. The number of hydrogen-bond donors (Lipinski definition) is 2. The van der Waals surface area contributed by atoms with Crippen LogP contribution in [-0.4, -0.2) is 22.3 Å². The van der Waals surface area contributed by atoms with Gasteiger partial charge < -0.3 is 14.9 Å². The van der Waals surface area contributed by atoms with Gasteiger partial charge in [0.15, 0.2) is 0 Å². The Morgan fingerprint density at radius 1 is 1.09 bits per heavy atom. The number of aromatic hydroxyl groups is 2. The zero-order valence-corrected chi connectivity index (χ0v) is 12.5. The Bertz CT molecular complexity index is 626. The third kappa shape index (κ3) is 4.25. The molecule has 0 amide bonds. The highest BCUT2D eigenvalue weighted by atomic mass is 16.5. The Balaban J connectivity index is 2.40. The van der Waals surface area contributed by atoms with E-state index in [0.717, 1.165) is 18.9 Å². The molecule has 0 radical (unpaired) electrons. The minimum Gasteiger partial charge on any atom is -0.508 e. The summed E-state index contributed by atoms with van der Waals surface area (Å²) in [6, 6.07) is 2.56. The third-order valence-electron chi connectivity index (χ3n) is 3.30. The van der Waals surface area contributed by atoms with Gasteiger partial charge in [-0.2, -0.15) is 0 Å². The first-order valence-electron chi connectivity index (χ1n) is 7.33. The fourth-order valence-electron chi connectivity index (χ4n) is 2.21. The number of esters is 1. The van der Waals surface area contributed by atoms with Crippen LogP contribution in [-0.2, 0) is 4.74 Å². The molecule has 0 fully saturated rings. The van der Waals surface area contributed by atoms with Crippen molar-refractivity contribution in [3.05, 3.63) is 53.6 Å². The first-order valence-corrected chi connectivity index (χ1v) is 7.33. The molecule has 22 heavy (non-hydrogen) atoms. The van der Waals surface area contributed by atoms with E-state index < -0.39 is 5.97 Å². The highest BCUT2D eigenvalue weighted by Gasteiger charge is 2.20. The van der Waals surface area contributed by atoms with Gasteiger partial charge in [-0.15, -0.1) is 0 Å². The van der Waals surface area contributed by atoms with E-state index in [1.165, 1.54) is 6.07 Å². The molecule has 1 heterocycles. The lowest BCUT2D eigenvalue weighted by Crippen LogP contribution is -2.15. The SMILES string of the molecule is CC1CC=CCCC=CC=Cc2cc(O)cc(O)c2C(=O)O1. The maximum absolute atomic E-state index is 12.3. The second kappa shape index (κ2) is 7.50. The molecule has 116 valence electrons. The molecule has 1 aromatic rings. The fourth-order valence-corrected chi connectivity index (χ4v) is 2.21. The molecule has 1 unspecified atom stereocenters. The normalized spacial score (nSPS) is 19.3. The summed E-state index contributed by atoms with van der Waals surface area (Å²) in [4.78, 5) is 12.3. The number of phenols is 2. The lowest BCUT2D eigenvalue weighted by atomic mass is 10.0. The number of fused-ring (bicyclic) bond motifs is 1. The predicted molar refractivity (Wildman–Crippen MR) is 85.8 cm³/mol. The molecule has 1 aromatic carbocycles. The molecule has 1 aliphatic rings. The molecule has 0 bridgehead atoms. The molecule has 0 spiro atoms. The van der Waals surface area contributed by atoms with E-state index in [0.29, 0.717) is 12.0 Å². The van der Waals surface area contributed by atoms with E-state index in [9.17, 15) is 15.0 Å². The lowest BCUT2D eigenvalue weighted by molar-refractivity contribution is 0.0344. The number of carbonyl (C=O) groups is 1. The number of benzene rings is 1. The van der Waals surface area contributed by atoms with E-state index in [1.54, 1.807) is 19.1 Å². The van der Waals surface area contributed by atoms with E-state index in [2.05, 4.69) is 6.08 Å². The monoisotopic (exact) mass is 300 g/mol. The Kier molecular flexibility index (Phi) is 5.42. The van der Waals surface area contributed by atoms with Crippen LogP contribution < -0.4 is 0 Å². The van der Waals surface area contributed by atoms with Gasteiger partial charge in [0.1, 0.15) is 23.2 Å². The molecule has 1 aliphatic heterocycles. The van der Waals surface area contributed by atoms with Crippen LogP contribution in [0.3, 0.4) is 0 Å². The fraction of sp³-hybridized carbons (Fsp3) is 0.278. The molecule has 1 atom stereocenters. The smallest absolute Gasteiger partial charge is 0.342 e. The van der Waals surface area contributed by atoms with Crippen molar-refractivity contribution in [3.63, 3.8) is 0 Å². The number of hydrogen-bond acceptors (Lipinski definition) is 4. The van der Waals surface area contributed by atoms with Gasteiger partial charge in [-0.25, -0.2) is 4.79 Å². The second-order valence-corrected chi connectivity index (χ2v) is 5.22. The number of rotatable bonds is 0. The van der Waals surface area contributed by atoms with Crippen LogP contribution in [0, 0.1) is 0 Å². The largest absolute Gasteiger partial charge is 0.508 e. The quantitative estimate of drug-likeness (QED) is 0.562. The van der Waals surface area contributed by atoms with Crippen LogP contribution in [0.25, 0.3) is 6.08 Å². The number of ether oxygens (including phenoxy) is 1. The van der Waals surface area contributed by atoms with Gasteiger partial charge in [0.2, 0.25) is 0 Å². The highest BCUT2D eigenvalue weighted by molar-refractivity contribution is 5.97. The van der Waals surface area contributed by atoms with Crippen LogP contribution in [0.15, 0.2) is 42.5 Å². The van der Waals surface area contributed by atoms with Crippen molar-refractivity contribution in [1.29, 1.82) is 0 Å². The van der Waals surface area contributed by atoms with Crippen LogP contribution >= 0.6 is 0 Å². The van der Waals surface area contributed by atoms with Crippen molar-refractivity contribution in [3.8, 4) is 11.5 Å². The first kappa shape index (κ1) is 15.9. The number of cyclic esters (lactones) is 1. The topological polar surface area (TPSA) is 66.8 Å². The lowest BCUT2D eigenvalue weighted by Gasteiger charge is -2.14. The predicted octanol–water partition coefficient (Wildman–Crippen LogP) is 3.95. The van der Waals surface area contributed by atoms with Gasteiger partial charge >= 0.3 is 5.97 Å². The average molecular weight is 300 g/mol. The Labute approximate surface area is 130 Å². The zero-order valence-electron chi connectivity index (χ0n) is 12.5. The standard InChI is InChI=1S/C18H20O4/c1-13-9-7-5-3-2-4-6-8-10-14-11-15(19)12-16(20)17(14)18(21)22-13/h4-8,10-13,19-20H,2-3,9H2,1H3. The molecular weight excluding hydrogens is 280 g/mol. The van der Waals surface area contributed by atoms with Crippen molar-refractivity contribution in [2.45, 2.75) is 32.3 Å². The summed E-state index contributed by atoms with van der Waals surface area (Å²) in [5.74, 6) is -0.989. The van der Waals surface area contributed by atoms with Crippen LogP contribution in [0.4, 0.5) is 0 Å². The van der Waals surface area contributed by atoms with Gasteiger partial charge in [-0.05, 0) is 31.4 Å². The van der Waals surface area contributed by atoms with E-state index >= 15 is 0 Å². The van der Waals surface area contributed by atoms with Gasteiger partial charge in [-0.1, -0.05) is 36.5 Å². The number of phenolic OH excluding ortho intramolecular Hbond substituents is 2. The summed E-state index contributed by atoms with van der Waals surface area (Å²) in [5, 5.41) is 19.6. The van der Waals surface area contributed by atoms with Gasteiger partial charge in [0.05, 0.1) is 0 Å². The minimum atomic E-state index is -0.598. The van der Waals surface area contributed by atoms with Gasteiger partial charge in [0.25, 0.3) is 0 Å². The summed E-state index contributed by atoms with van der Waals surface area (Å²) >= 11 is 0. The van der Waals surface area contributed by atoms with Crippen molar-refractivity contribution in [2.75, 3.05) is 0 Å². The number of carbonyl (C=O) groups excluding carboxylic acids is 1. The Morgan fingerprint density at radius 3 is 2.68 bits per heavy atom. The van der Waals surface area contributed by atoms with Crippen LogP contribution in [0.1, 0.15) is 42.1 Å². The Morgan fingerprint density at radius 2 is 1.86 bits per heavy atom. The molecule has 4 nitrogen and oxygen atoms in total. The molecule has 0 aliphatic carbocycles. The molecule has 2 N–H and O–H groups in total. The summed E-state index contributed by atoms with van der Waals surface area (Å²) in [6.07, 6.45) is 13.6. The van der Waals surface area contributed by atoms with E-state index in [-0.39, 0.29) is 23.2 Å². The molecule has 0 saturated heterocycles. The molecule has 0 saturated carbocycles. The second-order valence-electron chi connectivity index (χ2n) is 5.22. The van der Waals surface area contributed by atoms with Crippen LogP contribution in [0.5, 0.6) is 11.5 Å². The summed E-state index contributed by atoms with van der Waals surface area (Å²) in [5.41, 5.74) is 0.488. The molecule has 2 rings (SSSR count). The summed E-state index contributed by atoms with van der Waals surface area (Å²) < 4.78 is 5.36. The Hall–Kier alpha value is -2.49.